The molecule has 0 fully saturated rings. The molecule has 3 aromatic rings. The Balaban J connectivity index is 1.56. The van der Waals surface area contributed by atoms with E-state index in [4.69, 9.17) is 10.1 Å². The summed E-state index contributed by atoms with van der Waals surface area (Å²) in [6.07, 6.45) is 1.77. The zero-order valence-corrected chi connectivity index (χ0v) is 19.3. The number of ether oxygens (including phenoxy) is 1. The molecule has 2 aromatic carbocycles. The summed E-state index contributed by atoms with van der Waals surface area (Å²) in [5.41, 5.74) is 5.84. The molecule has 2 aliphatic heterocycles. The van der Waals surface area contributed by atoms with Gasteiger partial charge >= 0.3 is 0 Å². The van der Waals surface area contributed by atoms with Crippen molar-refractivity contribution in [2.45, 2.75) is 13.8 Å². The summed E-state index contributed by atoms with van der Waals surface area (Å²) in [6.45, 7) is 4.01. The molecule has 0 atom stereocenters. The van der Waals surface area contributed by atoms with Crippen molar-refractivity contribution in [3.8, 4) is 11.4 Å². The van der Waals surface area contributed by atoms with Crippen LogP contribution in [-0.4, -0.2) is 33.5 Å². The predicted octanol–water partition coefficient (Wildman–Crippen LogP) is 5.41. The molecule has 0 radical (unpaired) electrons. The zero-order chi connectivity index (χ0) is 23.1. The normalized spacial score (nSPS) is 16.7. The van der Waals surface area contributed by atoms with Crippen LogP contribution in [0, 0.1) is 19.3 Å². The van der Waals surface area contributed by atoms with E-state index in [1.54, 1.807) is 18.1 Å². The van der Waals surface area contributed by atoms with Crippen molar-refractivity contribution in [1.29, 1.82) is 5.41 Å². The minimum absolute atomic E-state index is 0.132. The number of hydrogen-bond acceptors (Lipinski definition) is 4. The highest BCUT2D eigenvalue weighted by atomic mass is 32.2. The van der Waals surface area contributed by atoms with Gasteiger partial charge in [-0.1, -0.05) is 54.2 Å². The molecule has 0 spiro atoms. The minimum atomic E-state index is -0.399. The molecule has 7 heteroatoms. The van der Waals surface area contributed by atoms with Crippen LogP contribution in [0.2, 0.25) is 0 Å². The molecule has 1 aromatic heterocycles. The largest absolute Gasteiger partial charge is 0.495 e. The van der Waals surface area contributed by atoms with Crippen LogP contribution in [0.1, 0.15) is 22.5 Å². The van der Waals surface area contributed by atoms with Crippen molar-refractivity contribution in [3.63, 3.8) is 0 Å². The second-order valence-corrected chi connectivity index (χ2v) is 8.60. The summed E-state index contributed by atoms with van der Waals surface area (Å²) in [7, 11) is 1.65. The van der Waals surface area contributed by atoms with Crippen molar-refractivity contribution in [3.05, 3.63) is 94.2 Å². The number of aryl methyl sites for hydroxylation is 1. The molecule has 164 valence electrons. The highest BCUT2D eigenvalue weighted by molar-refractivity contribution is 8.17. The van der Waals surface area contributed by atoms with Gasteiger partial charge in [-0.15, -0.1) is 0 Å². The Morgan fingerprint density at radius 2 is 1.79 bits per heavy atom. The number of aromatic nitrogens is 1. The summed E-state index contributed by atoms with van der Waals surface area (Å²) < 4.78 is 7.64. The third kappa shape index (κ3) is 3.50. The van der Waals surface area contributed by atoms with Gasteiger partial charge in [-0.2, -0.15) is 4.99 Å². The molecule has 1 N–H and O–H groups in total. The highest BCUT2D eigenvalue weighted by Gasteiger charge is 2.36. The van der Waals surface area contributed by atoms with E-state index in [1.165, 1.54) is 11.8 Å². The molecule has 1 amide bonds. The summed E-state index contributed by atoms with van der Waals surface area (Å²) in [4.78, 5) is 18.9. The van der Waals surface area contributed by atoms with Crippen LogP contribution in [0.25, 0.3) is 17.5 Å². The maximum absolute atomic E-state index is 12.9. The average molecular weight is 455 g/mol. The van der Waals surface area contributed by atoms with Crippen LogP contribution < -0.4 is 4.74 Å². The maximum Gasteiger partial charge on any atom is 0.283 e. The van der Waals surface area contributed by atoms with Crippen molar-refractivity contribution < 1.29 is 9.53 Å². The fourth-order valence-corrected chi connectivity index (χ4v) is 5.08. The third-order valence-corrected chi connectivity index (χ3v) is 6.61. The molecule has 5 rings (SSSR count). The lowest BCUT2D eigenvalue weighted by molar-refractivity contribution is -0.114. The quantitative estimate of drug-likeness (QED) is 0.536. The summed E-state index contributed by atoms with van der Waals surface area (Å²) in [5, 5.41) is 11.3. The third-order valence-electron chi connectivity index (χ3n) is 5.78. The van der Waals surface area contributed by atoms with E-state index < -0.39 is 5.91 Å². The topological polar surface area (TPSA) is 70.7 Å². The number of amides is 1. The number of carbonyl (C=O) groups excluding carboxylic acids is 1. The Kier molecular flexibility index (Phi) is 5.26. The van der Waals surface area contributed by atoms with Gasteiger partial charge < -0.3 is 9.30 Å². The molecule has 33 heavy (non-hydrogen) atoms. The van der Waals surface area contributed by atoms with Gasteiger partial charge in [-0.05, 0) is 49.2 Å². The zero-order valence-electron chi connectivity index (χ0n) is 18.5. The second kappa shape index (κ2) is 8.26. The summed E-state index contributed by atoms with van der Waals surface area (Å²) in [5.74, 6) is 0.497. The number of methoxy groups -OCH3 is 1. The Morgan fingerprint density at radius 1 is 1.06 bits per heavy atom. The first-order chi connectivity index (χ1) is 16.0. The van der Waals surface area contributed by atoms with Gasteiger partial charge in [0.05, 0.1) is 24.1 Å². The number of amidine groups is 2. The van der Waals surface area contributed by atoms with E-state index in [9.17, 15) is 4.79 Å². The number of carbonyl (C=O) groups is 1. The Bertz CT molecular complexity index is 1380. The van der Waals surface area contributed by atoms with E-state index in [0.29, 0.717) is 5.17 Å². The number of benzene rings is 2. The molecular weight excluding hydrogens is 432 g/mol. The van der Waals surface area contributed by atoms with E-state index in [2.05, 4.69) is 9.56 Å². The van der Waals surface area contributed by atoms with E-state index in [-0.39, 0.29) is 11.4 Å². The molecule has 0 bridgehead atoms. The Morgan fingerprint density at radius 3 is 2.55 bits per heavy atom. The summed E-state index contributed by atoms with van der Waals surface area (Å²) >= 11 is 1.36. The van der Waals surface area contributed by atoms with Crippen LogP contribution in [0.5, 0.6) is 5.75 Å². The molecule has 6 nitrogen and oxygen atoms in total. The number of para-hydroxylation sites is 2. The molecule has 0 aliphatic carbocycles. The maximum atomic E-state index is 12.9. The van der Waals surface area contributed by atoms with Gasteiger partial charge in [0.25, 0.3) is 5.91 Å². The standard InChI is InChI=1S/C26H22N4O2S/c1-16-13-19(17(2)29(16)21-11-7-8-12-23(21)32-3)14-20-24(27)30-22(18-9-5-4-6-10-18)15-33-26(30)28-25(20)31/h4-15,27H,1-3H3/b20-14-,27-24?. The van der Waals surface area contributed by atoms with E-state index in [1.807, 2.05) is 79.9 Å². The van der Waals surface area contributed by atoms with Crippen LogP contribution in [0.3, 0.4) is 0 Å². The number of nitrogens with zero attached hydrogens (tertiary/aromatic N) is 3. The fourth-order valence-electron chi connectivity index (χ4n) is 4.19. The van der Waals surface area contributed by atoms with Crippen molar-refractivity contribution in [2.24, 2.45) is 4.99 Å². The molecule has 3 heterocycles. The van der Waals surface area contributed by atoms with E-state index >= 15 is 0 Å². The van der Waals surface area contributed by atoms with Gasteiger partial charge in [0.2, 0.25) is 0 Å². The molecule has 2 aliphatic rings. The summed E-state index contributed by atoms with van der Waals surface area (Å²) in [6, 6.07) is 19.7. The fraction of sp³-hybridized carbons (Fsp3) is 0.115. The van der Waals surface area contributed by atoms with Crippen molar-refractivity contribution in [1.82, 2.24) is 9.47 Å². The number of rotatable bonds is 4. The first-order valence-electron chi connectivity index (χ1n) is 10.5. The molecule has 0 unspecified atom stereocenters. The number of nitrogens with one attached hydrogen (secondary N) is 1. The van der Waals surface area contributed by atoms with Gasteiger partial charge in [0.1, 0.15) is 11.6 Å². The van der Waals surface area contributed by atoms with Crippen LogP contribution in [-0.2, 0) is 4.79 Å². The molecule has 0 saturated carbocycles. The Labute approximate surface area is 196 Å². The molecular formula is C26H22N4O2S. The smallest absolute Gasteiger partial charge is 0.283 e. The van der Waals surface area contributed by atoms with Crippen molar-refractivity contribution in [2.75, 3.05) is 7.11 Å². The van der Waals surface area contributed by atoms with E-state index in [0.717, 1.165) is 39.6 Å². The SMILES string of the molecule is COc1ccccc1-n1c(C)cc(/C=C2/C(=N)N3C(c4ccccc4)=CSC3=NC2=O)c1C. The number of thioether (sulfide) groups is 1. The first kappa shape index (κ1) is 21.0. The minimum Gasteiger partial charge on any atom is -0.495 e. The van der Waals surface area contributed by atoms with Gasteiger partial charge in [0, 0.05) is 16.8 Å². The lowest BCUT2D eigenvalue weighted by Crippen LogP contribution is -2.38. The van der Waals surface area contributed by atoms with Crippen LogP contribution >= 0.6 is 11.8 Å². The monoisotopic (exact) mass is 454 g/mol. The highest BCUT2D eigenvalue weighted by Crippen LogP contribution is 2.37. The van der Waals surface area contributed by atoms with Gasteiger partial charge in [0.15, 0.2) is 5.17 Å². The van der Waals surface area contributed by atoms with Crippen LogP contribution in [0.4, 0.5) is 0 Å². The number of fused-ring (bicyclic) bond motifs is 1. The van der Waals surface area contributed by atoms with Gasteiger partial charge in [-0.25, -0.2) is 0 Å². The predicted molar refractivity (Wildman–Crippen MR) is 134 cm³/mol. The van der Waals surface area contributed by atoms with Crippen molar-refractivity contribution >= 4 is 40.4 Å². The lowest BCUT2D eigenvalue weighted by Gasteiger charge is -2.26. The number of hydrogen-bond donors (Lipinski definition) is 1. The number of aliphatic imine (C=N–C) groups is 1. The molecule has 0 saturated heterocycles. The lowest BCUT2D eigenvalue weighted by atomic mass is 10.1. The average Bonchev–Trinajstić information content (AvgIpc) is 3.37. The second-order valence-electron chi connectivity index (χ2n) is 7.76. The first-order valence-corrected chi connectivity index (χ1v) is 11.4. The Hall–Kier alpha value is -3.84. The van der Waals surface area contributed by atoms with Gasteiger partial charge in [-0.3, -0.25) is 15.1 Å². The van der Waals surface area contributed by atoms with Crippen LogP contribution in [0.15, 0.2) is 76.6 Å².